The summed E-state index contributed by atoms with van der Waals surface area (Å²) in [6, 6.07) is 12.0. The SMILES string of the molecule is CC(C)Cn1c(=O)nc(NC2CC2)c2c(-c3cc(C#N)cn3C)n(Cc3ccnc4ccc(Cl)cc34)nc21. The van der Waals surface area contributed by atoms with Gasteiger partial charge in [0, 0.05) is 42.4 Å². The number of rotatable bonds is 7. The number of nitrogens with zero attached hydrogens (tertiary/aromatic N) is 7. The Morgan fingerprint density at radius 1 is 1.24 bits per heavy atom. The number of nitriles is 1. The number of hydrogen-bond donors (Lipinski definition) is 1. The van der Waals surface area contributed by atoms with Gasteiger partial charge in [0.25, 0.3) is 0 Å². The lowest BCUT2D eigenvalue weighted by molar-refractivity contribution is 0.511. The first-order chi connectivity index (χ1) is 18.3. The quantitative estimate of drug-likeness (QED) is 0.321. The molecule has 1 aromatic carbocycles. The fraction of sp³-hybridized carbons (Fsp3) is 0.321. The van der Waals surface area contributed by atoms with Crippen LogP contribution in [0.1, 0.15) is 37.8 Å². The molecule has 0 atom stereocenters. The third kappa shape index (κ3) is 4.31. The molecule has 192 valence electrons. The lowest BCUT2D eigenvalue weighted by Crippen LogP contribution is -2.27. The van der Waals surface area contributed by atoms with E-state index in [-0.39, 0.29) is 17.6 Å². The van der Waals surface area contributed by atoms with Gasteiger partial charge in [-0.1, -0.05) is 25.4 Å². The van der Waals surface area contributed by atoms with Crippen molar-refractivity contribution in [3.63, 3.8) is 0 Å². The number of nitrogens with one attached hydrogen (secondary N) is 1. The number of aromatic nitrogens is 6. The first-order valence-corrected chi connectivity index (χ1v) is 13.1. The van der Waals surface area contributed by atoms with Crippen molar-refractivity contribution in [2.24, 2.45) is 13.0 Å². The summed E-state index contributed by atoms with van der Waals surface area (Å²) >= 11 is 6.35. The molecule has 1 saturated carbocycles. The Labute approximate surface area is 224 Å². The van der Waals surface area contributed by atoms with E-state index < -0.39 is 0 Å². The van der Waals surface area contributed by atoms with E-state index >= 15 is 0 Å². The Kier molecular flexibility index (Phi) is 5.92. The van der Waals surface area contributed by atoms with E-state index in [0.29, 0.717) is 35.1 Å². The van der Waals surface area contributed by atoms with E-state index in [4.69, 9.17) is 16.7 Å². The second-order valence-electron chi connectivity index (χ2n) is 10.3. The maximum atomic E-state index is 13.2. The summed E-state index contributed by atoms with van der Waals surface area (Å²) in [5.74, 6) is 0.760. The summed E-state index contributed by atoms with van der Waals surface area (Å²) in [6.45, 7) is 5.04. The second-order valence-corrected chi connectivity index (χ2v) is 10.8. The first kappa shape index (κ1) is 24.2. The van der Waals surface area contributed by atoms with E-state index in [2.05, 4.69) is 35.2 Å². The molecule has 1 aliphatic carbocycles. The van der Waals surface area contributed by atoms with Gasteiger partial charge in [0.05, 0.1) is 34.4 Å². The van der Waals surface area contributed by atoms with Gasteiger partial charge in [-0.15, -0.1) is 0 Å². The normalized spacial score (nSPS) is 13.5. The van der Waals surface area contributed by atoms with E-state index in [1.54, 1.807) is 17.0 Å². The molecule has 1 fully saturated rings. The molecule has 0 unspecified atom stereocenters. The van der Waals surface area contributed by atoms with Crippen LogP contribution >= 0.6 is 11.6 Å². The minimum atomic E-state index is -0.323. The van der Waals surface area contributed by atoms with Gasteiger partial charge in [-0.2, -0.15) is 15.3 Å². The molecule has 6 rings (SSSR count). The van der Waals surface area contributed by atoms with Crippen LogP contribution in [0, 0.1) is 17.2 Å². The number of hydrogen-bond acceptors (Lipinski definition) is 6. The minimum absolute atomic E-state index is 0.222. The van der Waals surface area contributed by atoms with Crippen LogP contribution in [0.4, 0.5) is 5.82 Å². The van der Waals surface area contributed by atoms with E-state index in [0.717, 1.165) is 46.1 Å². The number of halogens is 1. The number of anilines is 1. The van der Waals surface area contributed by atoms with E-state index in [1.165, 1.54) is 0 Å². The lowest BCUT2D eigenvalue weighted by atomic mass is 10.1. The highest BCUT2D eigenvalue weighted by molar-refractivity contribution is 6.31. The lowest BCUT2D eigenvalue weighted by Gasteiger charge is -2.13. The molecule has 1 N–H and O–H groups in total. The number of benzene rings is 1. The molecule has 9 nitrogen and oxygen atoms in total. The smallest absolute Gasteiger partial charge is 0.351 e. The van der Waals surface area contributed by atoms with Crippen LogP contribution in [0.2, 0.25) is 5.02 Å². The fourth-order valence-electron chi connectivity index (χ4n) is 4.92. The Balaban J connectivity index is 1.66. The van der Waals surface area contributed by atoms with Gasteiger partial charge in [0.15, 0.2) is 5.65 Å². The molecule has 1 aliphatic rings. The molecule has 0 radical (unpaired) electrons. The van der Waals surface area contributed by atoms with Gasteiger partial charge in [-0.3, -0.25) is 14.2 Å². The molecule has 0 aliphatic heterocycles. The third-order valence-electron chi connectivity index (χ3n) is 6.82. The van der Waals surface area contributed by atoms with Crippen LogP contribution < -0.4 is 11.0 Å². The molecular formula is C28H27ClN8O. The fourth-order valence-corrected chi connectivity index (χ4v) is 5.10. The molecule has 38 heavy (non-hydrogen) atoms. The summed E-state index contributed by atoms with van der Waals surface area (Å²) < 4.78 is 5.49. The molecule has 4 aromatic heterocycles. The van der Waals surface area contributed by atoms with E-state index in [1.807, 2.05) is 46.6 Å². The van der Waals surface area contributed by atoms with Gasteiger partial charge in [-0.05, 0) is 54.7 Å². The van der Waals surface area contributed by atoms with Crippen molar-refractivity contribution in [3.8, 4) is 17.5 Å². The zero-order valence-corrected chi connectivity index (χ0v) is 22.2. The zero-order valence-electron chi connectivity index (χ0n) is 21.4. The molecule has 5 aromatic rings. The predicted octanol–water partition coefficient (Wildman–Crippen LogP) is 4.95. The monoisotopic (exact) mass is 526 g/mol. The van der Waals surface area contributed by atoms with Crippen molar-refractivity contribution in [2.45, 2.75) is 45.8 Å². The summed E-state index contributed by atoms with van der Waals surface area (Å²) in [4.78, 5) is 22.2. The Morgan fingerprint density at radius 2 is 2.05 bits per heavy atom. The van der Waals surface area contributed by atoms with Gasteiger partial charge in [-0.25, -0.2) is 4.79 Å². The average Bonchev–Trinajstić information content (AvgIpc) is 3.51. The molecule has 4 heterocycles. The third-order valence-corrected chi connectivity index (χ3v) is 7.06. The number of fused-ring (bicyclic) bond motifs is 2. The average molecular weight is 527 g/mol. The Hall–Kier alpha value is -4.16. The topological polar surface area (TPSA) is 106 Å². The van der Waals surface area contributed by atoms with Crippen LogP contribution in [0.3, 0.4) is 0 Å². The summed E-state index contributed by atoms with van der Waals surface area (Å²) in [6.07, 6.45) is 5.65. The zero-order chi connectivity index (χ0) is 26.6. The Bertz CT molecular complexity index is 1800. The summed E-state index contributed by atoms with van der Waals surface area (Å²) in [5, 5.41) is 20.5. The van der Waals surface area contributed by atoms with Crippen molar-refractivity contribution in [2.75, 3.05) is 5.32 Å². The van der Waals surface area contributed by atoms with Crippen molar-refractivity contribution in [1.29, 1.82) is 5.26 Å². The highest BCUT2D eigenvalue weighted by atomic mass is 35.5. The molecule has 0 spiro atoms. The van der Waals surface area contributed by atoms with Crippen molar-refractivity contribution in [3.05, 3.63) is 69.4 Å². The highest BCUT2D eigenvalue weighted by Crippen LogP contribution is 2.36. The molecular weight excluding hydrogens is 500 g/mol. The van der Waals surface area contributed by atoms with Crippen molar-refractivity contribution >= 4 is 39.4 Å². The standard InChI is InChI=1S/C28H27ClN8O/c1-16(2)13-36-27-24(26(33-28(36)38)32-20-5-6-20)25(23-10-17(12-30)14-35(23)3)37(34-27)15-18-8-9-31-22-7-4-19(29)11-21(18)22/h4,7-11,14,16,20H,5-6,13,15H2,1-3H3,(H,32,33,38). The van der Waals surface area contributed by atoms with Gasteiger partial charge < -0.3 is 9.88 Å². The number of pyridine rings is 1. The number of aryl methyl sites for hydroxylation is 1. The first-order valence-electron chi connectivity index (χ1n) is 12.7. The Morgan fingerprint density at radius 3 is 2.76 bits per heavy atom. The minimum Gasteiger partial charge on any atom is -0.366 e. The summed E-state index contributed by atoms with van der Waals surface area (Å²) in [7, 11) is 1.91. The predicted molar refractivity (Wildman–Crippen MR) is 148 cm³/mol. The largest absolute Gasteiger partial charge is 0.366 e. The van der Waals surface area contributed by atoms with Crippen LogP contribution in [-0.4, -0.2) is 34.9 Å². The highest BCUT2D eigenvalue weighted by Gasteiger charge is 2.28. The van der Waals surface area contributed by atoms with Crippen LogP contribution in [0.5, 0.6) is 0 Å². The van der Waals surface area contributed by atoms with Gasteiger partial charge in [0.1, 0.15) is 11.9 Å². The molecule has 0 bridgehead atoms. The van der Waals surface area contributed by atoms with Crippen LogP contribution in [0.25, 0.3) is 33.3 Å². The van der Waals surface area contributed by atoms with E-state index in [9.17, 15) is 10.1 Å². The molecule has 10 heteroatoms. The maximum Gasteiger partial charge on any atom is 0.351 e. The van der Waals surface area contributed by atoms with Crippen LogP contribution in [0.15, 0.2) is 47.5 Å². The van der Waals surface area contributed by atoms with Crippen molar-refractivity contribution in [1.82, 2.24) is 28.9 Å². The van der Waals surface area contributed by atoms with Gasteiger partial charge >= 0.3 is 5.69 Å². The maximum absolute atomic E-state index is 13.2. The summed E-state index contributed by atoms with van der Waals surface area (Å²) in [5.41, 5.74) is 4.24. The second kappa shape index (κ2) is 9.30. The molecule has 0 amide bonds. The van der Waals surface area contributed by atoms with Crippen LogP contribution in [-0.2, 0) is 20.1 Å². The van der Waals surface area contributed by atoms with Gasteiger partial charge in [0.2, 0.25) is 0 Å². The van der Waals surface area contributed by atoms with Crippen molar-refractivity contribution < 1.29 is 0 Å². The molecule has 0 saturated heterocycles.